The number of carbonyl (C=O) groups is 1. The number of hydrogen-bond donors (Lipinski definition) is 2. The number of aryl methyl sites for hydroxylation is 1. The molecule has 38 heavy (non-hydrogen) atoms. The Bertz CT molecular complexity index is 1520. The SMILES string of the molecule is CCN1C=CC=CC(c2ccc(NC(=O)c3ccc(C)c(Nc4nccc(-c5cccnc5)n4)c3)cc2)=C1. The number of hydrogen-bond acceptors (Lipinski definition) is 6. The van der Waals surface area contributed by atoms with Crippen LogP contribution in [0.25, 0.3) is 16.8 Å². The monoisotopic (exact) mass is 500 g/mol. The fourth-order valence-electron chi connectivity index (χ4n) is 4.01. The Balaban J connectivity index is 1.30. The van der Waals surface area contributed by atoms with E-state index in [1.54, 1.807) is 18.6 Å². The van der Waals surface area contributed by atoms with Gasteiger partial charge in [0.1, 0.15) is 0 Å². The minimum absolute atomic E-state index is 0.194. The minimum Gasteiger partial charge on any atom is -0.354 e. The number of pyridine rings is 1. The van der Waals surface area contributed by atoms with E-state index >= 15 is 0 Å². The van der Waals surface area contributed by atoms with Crippen LogP contribution in [0.1, 0.15) is 28.4 Å². The lowest BCUT2D eigenvalue weighted by Gasteiger charge is -2.14. The van der Waals surface area contributed by atoms with E-state index in [1.165, 1.54) is 0 Å². The van der Waals surface area contributed by atoms with Crippen LogP contribution in [0.3, 0.4) is 0 Å². The molecule has 2 aromatic heterocycles. The molecule has 7 nitrogen and oxygen atoms in total. The molecule has 1 aliphatic heterocycles. The quantitative estimate of drug-likeness (QED) is 0.298. The zero-order valence-electron chi connectivity index (χ0n) is 21.3. The number of amides is 1. The second kappa shape index (κ2) is 11.3. The summed E-state index contributed by atoms with van der Waals surface area (Å²) >= 11 is 0. The van der Waals surface area contributed by atoms with Gasteiger partial charge in [-0.1, -0.05) is 30.4 Å². The highest BCUT2D eigenvalue weighted by atomic mass is 16.1. The predicted octanol–water partition coefficient (Wildman–Crippen LogP) is 6.59. The number of benzene rings is 2. The van der Waals surface area contributed by atoms with E-state index in [4.69, 9.17) is 0 Å². The summed E-state index contributed by atoms with van der Waals surface area (Å²) in [7, 11) is 0. The van der Waals surface area contributed by atoms with Gasteiger partial charge in [-0.3, -0.25) is 9.78 Å². The van der Waals surface area contributed by atoms with E-state index in [1.807, 2.05) is 85.9 Å². The van der Waals surface area contributed by atoms with Crippen LogP contribution in [0.15, 0.2) is 110 Å². The molecule has 0 fully saturated rings. The standard InChI is InChI=1S/C31H28N6O/c1-3-37-18-5-4-7-26(21-37)23-11-13-27(14-12-23)34-30(38)24-10-9-22(2)29(19-24)36-31-33-17-15-28(35-31)25-8-6-16-32-20-25/h4-21H,3H2,1-2H3,(H,34,38)(H,33,35,36). The largest absolute Gasteiger partial charge is 0.354 e. The summed E-state index contributed by atoms with van der Waals surface area (Å²) in [6, 6.07) is 19.0. The first-order chi connectivity index (χ1) is 18.6. The van der Waals surface area contributed by atoms with Crippen molar-refractivity contribution in [1.82, 2.24) is 19.9 Å². The molecule has 1 amide bonds. The van der Waals surface area contributed by atoms with Gasteiger partial charge in [0, 0.05) is 60.0 Å². The van der Waals surface area contributed by atoms with Crippen LogP contribution in [0.2, 0.25) is 0 Å². The van der Waals surface area contributed by atoms with Gasteiger partial charge in [0.2, 0.25) is 5.95 Å². The fourth-order valence-corrected chi connectivity index (χ4v) is 4.01. The summed E-state index contributed by atoms with van der Waals surface area (Å²) in [5, 5.41) is 6.25. The van der Waals surface area contributed by atoms with Gasteiger partial charge in [0.05, 0.1) is 5.69 Å². The molecule has 0 aliphatic carbocycles. The maximum atomic E-state index is 13.1. The lowest BCUT2D eigenvalue weighted by Crippen LogP contribution is -2.12. The Kier molecular flexibility index (Phi) is 7.36. The Morgan fingerprint density at radius 3 is 2.63 bits per heavy atom. The Morgan fingerprint density at radius 1 is 0.974 bits per heavy atom. The number of carbonyl (C=O) groups excluding carboxylic acids is 1. The lowest BCUT2D eigenvalue weighted by molar-refractivity contribution is 0.102. The first-order valence-electron chi connectivity index (χ1n) is 12.4. The van der Waals surface area contributed by atoms with Crippen LogP contribution < -0.4 is 10.6 Å². The predicted molar refractivity (Wildman–Crippen MR) is 153 cm³/mol. The Hall–Kier alpha value is -5.04. The van der Waals surface area contributed by atoms with E-state index in [0.717, 1.165) is 45.9 Å². The molecule has 7 heteroatoms. The van der Waals surface area contributed by atoms with E-state index in [2.05, 4.69) is 49.7 Å². The number of anilines is 3. The molecule has 2 N–H and O–H groups in total. The molecule has 188 valence electrons. The van der Waals surface area contributed by atoms with Crippen LogP contribution in [0.5, 0.6) is 0 Å². The van der Waals surface area contributed by atoms with Crippen molar-refractivity contribution in [3.8, 4) is 11.3 Å². The molecule has 0 saturated carbocycles. The highest BCUT2D eigenvalue weighted by Gasteiger charge is 2.11. The number of allylic oxidation sites excluding steroid dienone is 4. The zero-order chi connectivity index (χ0) is 26.3. The average molecular weight is 501 g/mol. The molecule has 0 saturated heterocycles. The summed E-state index contributed by atoms with van der Waals surface area (Å²) in [5.41, 5.74) is 6.85. The third-order valence-corrected chi connectivity index (χ3v) is 6.17. The maximum absolute atomic E-state index is 13.1. The summed E-state index contributed by atoms with van der Waals surface area (Å²) in [4.78, 5) is 28.3. The Morgan fingerprint density at radius 2 is 1.84 bits per heavy atom. The van der Waals surface area contributed by atoms with Crippen molar-refractivity contribution in [2.75, 3.05) is 17.2 Å². The van der Waals surface area contributed by atoms with E-state index in [9.17, 15) is 4.79 Å². The topological polar surface area (TPSA) is 83.0 Å². The molecule has 0 unspecified atom stereocenters. The normalized spacial score (nSPS) is 12.6. The second-order valence-electron chi connectivity index (χ2n) is 8.81. The fraction of sp³-hybridized carbons (Fsp3) is 0.0968. The van der Waals surface area contributed by atoms with E-state index in [-0.39, 0.29) is 5.91 Å². The van der Waals surface area contributed by atoms with Gasteiger partial charge in [-0.2, -0.15) is 0 Å². The number of nitrogens with one attached hydrogen (secondary N) is 2. The third-order valence-electron chi connectivity index (χ3n) is 6.17. The van der Waals surface area contributed by atoms with Crippen molar-refractivity contribution in [2.45, 2.75) is 13.8 Å². The van der Waals surface area contributed by atoms with Crippen LogP contribution in [0, 0.1) is 6.92 Å². The minimum atomic E-state index is -0.194. The van der Waals surface area contributed by atoms with Crippen molar-refractivity contribution in [1.29, 1.82) is 0 Å². The van der Waals surface area contributed by atoms with Gasteiger partial charge < -0.3 is 15.5 Å². The van der Waals surface area contributed by atoms with Crippen molar-refractivity contribution in [3.05, 3.63) is 127 Å². The van der Waals surface area contributed by atoms with Crippen LogP contribution in [-0.2, 0) is 0 Å². The van der Waals surface area contributed by atoms with E-state index < -0.39 is 0 Å². The highest BCUT2D eigenvalue weighted by Crippen LogP contribution is 2.24. The van der Waals surface area contributed by atoms with Crippen molar-refractivity contribution in [3.63, 3.8) is 0 Å². The summed E-state index contributed by atoms with van der Waals surface area (Å²) in [5.74, 6) is 0.252. The van der Waals surface area contributed by atoms with Gasteiger partial charge in [0.15, 0.2) is 0 Å². The average Bonchev–Trinajstić information content (AvgIpc) is 3.21. The van der Waals surface area contributed by atoms with Crippen LogP contribution in [-0.4, -0.2) is 32.3 Å². The molecular formula is C31H28N6O. The summed E-state index contributed by atoms with van der Waals surface area (Å²) in [6.07, 6.45) is 15.5. The molecule has 0 radical (unpaired) electrons. The van der Waals surface area contributed by atoms with Gasteiger partial charge in [0.25, 0.3) is 5.91 Å². The number of nitrogens with zero attached hydrogens (tertiary/aromatic N) is 4. The molecule has 1 aliphatic rings. The van der Waals surface area contributed by atoms with Gasteiger partial charge in [-0.15, -0.1) is 0 Å². The Labute approximate surface area is 222 Å². The summed E-state index contributed by atoms with van der Waals surface area (Å²) in [6.45, 7) is 4.98. The zero-order valence-corrected chi connectivity index (χ0v) is 21.3. The van der Waals surface area contributed by atoms with Crippen LogP contribution in [0.4, 0.5) is 17.3 Å². The molecule has 0 atom stereocenters. The molecule has 0 spiro atoms. The van der Waals surface area contributed by atoms with Gasteiger partial charge in [-0.25, -0.2) is 9.97 Å². The van der Waals surface area contributed by atoms with Crippen molar-refractivity contribution < 1.29 is 4.79 Å². The molecule has 3 heterocycles. The first-order valence-corrected chi connectivity index (χ1v) is 12.4. The molecule has 2 aromatic carbocycles. The van der Waals surface area contributed by atoms with Crippen LogP contribution >= 0.6 is 0 Å². The smallest absolute Gasteiger partial charge is 0.255 e. The highest BCUT2D eigenvalue weighted by molar-refractivity contribution is 6.05. The molecule has 5 rings (SSSR count). The summed E-state index contributed by atoms with van der Waals surface area (Å²) < 4.78 is 0. The molecule has 0 bridgehead atoms. The first kappa shape index (κ1) is 24.6. The van der Waals surface area contributed by atoms with Gasteiger partial charge in [-0.05, 0) is 79.1 Å². The molecular weight excluding hydrogens is 472 g/mol. The third kappa shape index (κ3) is 5.84. The van der Waals surface area contributed by atoms with Crippen molar-refractivity contribution >= 4 is 28.8 Å². The lowest BCUT2D eigenvalue weighted by atomic mass is 10.1. The number of aromatic nitrogens is 3. The maximum Gasteiger partial charge on any atom is 0.255 e. The van der Waals surface area contributed by atoms with E-state index in [0.29, 0.717) is 11.5 Å². The number of rotatable bonds is 7. The second-order valence-corrected chi connectivity index (χ2v) is 8.81. The van der Waals surface area contributed by atoms with Gasteiger partial charge >= 0.3 is 0 Å². The van der Waals surface area contributed by atoms with Crippen molar-refractivity contribution in [2.24, 2.45) is 0 Å². The molecule has 4 aromatic rings.